The highest BCUT2D eigenvalue weighted by molar-refractivity contribution is 5.87. The fourth-order valence-electron chi connectivity index (χ4n) is 1.89. The van der Waals surface area contributed by atoms with Crippen molar-refractivity contribution in [2.24, 2.45) is 0 Å². The first kappa shape index (κ1) is 10.5. The van der Waals surface area contributed by atoms with Gasteiger partial charge in [0.1, 0.15) is 0 Å². The second-order valence-corrected chi connectivity index (χ2v) is 3.77. The van der Waals surface area contributed by atoms with Gasteiger partial charge in [0, 0.05) is 0 Å². The Bertz CT molecular complexity index is 445. The van der Waals surface area contributed by atoms with Crippen LogP contribution in [0.4, 0.5) is 4.79 Å². The fraction of sp³-hybridized carbons (Fsp3) is 0.273. The van der Waals surface area contributed by atoms with Gasteiger partial charge >= 0.3 is 12.0 Å². The standard InChI is InChI=1S/C11H12N2O3/c1-6-4-2-3-5-7(6)8-9(10(14)15)13-11(16)12-8/h2-5,8-9H,1H3,(H,14,15)(H2,12,13,16). The maximum Gasteiger partial charge on any atom is 0.328 e. The molecule has 0 aliphatic carbocycles. The van der Waals surface area contributed by atoms with E-state index in [0.29, 0.717) is 0 Å². The molecule has 2 rings (SSSR count). The number of nitrogens with one attached hydrogen (secondary N) is 2. The van der Waals surface area contributed by atoms with Crippen LogP contribution in [0.25, 0.3) is 0 Å². The van der Waals surface area contributed by atoms with E-state index in [1.54, 1.807) is 0 Å². The van der Waals surface area contributed by atoms with Crippen molar-refractivity contribution in [1.29, 1.82) is 0 Å². The van der Waals surface area contributed by atoms with Gasteiger partial charge in [-0.15, -0.1) is 0 Å². The Morgan fingerprint density at radius 1 is 1.31 bits per heavy atom. The molecule has 2 atom stereocenters. The van der Waals surface area contributed by atoms with Crippen LogP contribution in [-0.4, -0.2) is 23.1 Å². The van der Waals surface area contributed by atoms with E-state index in [0.717, 1.165) is 11.1 Å². The molecule has 1 fully saturated rings. The Hall–Kier alpha value is -2.04. The van der Waals surface area contributed by atoms with Crippen LogP contribution in [0.15, 0.2) is 24.3 Å². The Balaban J connectivity index is 2.36. The van der Waals surface area contributed by atoms with E-state index >= 15 is 0 Å². The zero-order valence-electron chi connectivity index (χ0n) is 8.73. The lowest BCUT2D eigenvalue weighted by atomic mass is 9.97. The molecular formula is C11H12N2O3. The first-order chi connectivity index (χ1) is 7.59. The van der Waals surface area contributed by atoms with Crippen molar-refractivity contribution in [3.8, 4) is 0 Å². The fourth-order valence-corrected chi connectivity index (χ4v) is 1.89. The molecule has 5 heteroatoms. The first-order valence-corrected chi connectivity index (χ1v) is 4.95. The molecule has 3 N–H and O–H groups in total. The van der Waals surface area contributed by atoms with Gasteiger partial charge < -0.3 is 15.7 Å². The number of carbonyl (C=O) groups excluding carboxylic acids is 1. The molecule has 1 heterocycles. The third-order valence-electron chi connectivity index (χ3n) is 2.70. The molecule has 1 aromatic carbocycles. The average molecular weight is 220 g/mol. The molecule has 1 aliphatic heterocycles. The van der Waals surface area contributed by atoms with Crippen molar-refractivity contribution in [3.05, 3.63) is 35.4 Å². The van der Waals surface area contributed by atoms with Crippen LogP contribution in [0.3, 0.4) is 0 Å². The van der Waals surface area contributed by atoms with Crippen molar-refractivity contribution in [3.63, 3.8) is 0 Å². The largest absolute Gasteiger partial charge is 0.480 e. The maximum atomic E-state index is 11.2. The monoisotopic (exact) mass is 220 g/mol. The second-order valence-electron chi connectivity index (χ2n) is 3.77. The van der Waals surface area contributed by atoms with Crippen LogP contribution in [0, 0.1) is 6.92 Å². The predicted octanol–water partition coefficient (Wildman–Crippen LogP) is 0.802. The lowest BCUT2D eigenvalue weighted by Gasteiger charge is -2.16. The molecule has 1 aliphatic rings. The number of aryl methyl sites for hydroxylation is 1. The van der Waals surface area contributed by atoms with Crippen molar-refractivity contribution < 1.29 is 14.7 Å². The summed E-state index contributed by atoms with van der Waals surface area (Å²) in [5.41, 5.74) is 1.79. The summed E-state index contributed by atoms with van der Waals surface area (Å²) in [5, 5.41) is 14.0. The van der Waals surface area contributed by atoms with E-state index in [1.165, 1.54) is 0 Å². The minimum atomic E-state index is -1.04. The Morgan fingerprint density at radius 3 is 2.62 bits per heavy atom. The van der Waals surface area contributed by atoms with Crippen molar-refractivity contribution in [1.82, 2.24) is 10.6 Å². The minimum absolute atomic E-state index is 0.444. The van der Waals surface area contributed by atoms with Crippen LogP contribution >= 0.6 is 0 Å². The topological polar surface area (TPSA) is 78.4 Å². The van der Waals surface area contributed by atoms with Gasteiger partial charge in [-0.25, -0.2) is 9.59 Å². The summed E-state index contributed by atoms with van der Waals surface area (Å²) in [7, 11) is 0. The summed E-state index contributed by atoms with van der Waals surface area (Å²) in [6.45, 7) is 1.89. The SMILES string of the molecule is Cc1ccccc1C1NC(=O)NC1C(=O)O. The van der Waals surface area contributed by atoms with Gasteiger partial charge in [0.2, 0.25) is 0 Å². The summed E-state index contributed by atoms with van der Waals surface area (Å²) in [6.07, 6.45) is 0. The molecule has 2 unspecified atom stereocenters. The van der Waals surface area contributed by atoms with Gasteiger partial charge in [-0.3, -0.25) is 0 Å². The lowest BCUT2D eigenvalue weighted by molar-refractivity contribution is -0.139. The third-order valence-corrected chi connectivity index (χ3v) is 2.70. The smallest absolute Gasteiger partial charge is 0.328 e. The van der Waals surface area contributed by atoms with Crippen molar-refractivity contribution >= 4 is 12.0 Å². The van der Waals surface area contributed by atoms with Crippen LogP contribution in [0.5, 0.6) is 0 Å². The maximum absolute atomic E-state index is 11.2. The number of benzene rings is 1. The van der Waals surface area contributed by atoms with Crippen LogP contribution < -0.4 is 10.6 Å². The normalized spacial score (nSPS) is 23.7. The third kappa shape index (κ3) is 1.71. The zero-order valence-corrected chi connectivity index (χ0v) is 8.73. The van der Waals surface area contributed by atoms with Gasteiger partial charge in [0.05, 0.1) is 6.04 Å². The van der Waals surface area contributed by atoms with Gasteiger partial charge in [-0.2, -0.15) is 0 Å². The number of hydrogen-bond donors (Lipinski definition) is 3. The van der Waals surface area contributed by atoms with E-state index in [2.05, 4.69) is 10.6 Å². The highest BCUT2D eigenvalue weighted by atomic mass is 16.4. The summed E-state index contributed by atoms with van der Waals surface area (Å²) in [5.74, 6) is -1.04. The molecule has 1 saturated heterocycles. The molecule has 1 aromatic rings. The van der Waals surface area contributed by atoms with E-state index in [4.69, 9.17) is 5.11 Å². The number of hydrogen-bond acceptors (Lipinski definition) is 2. The van der Waals surface area contributed by atoms with Gasteiger partial charge in [-0.05, 0) is 18.1 Å². The summed E-state index contributed by atoms with van der Waals surface area (Å²) < 4.78 is 0. The number of amides is 2. The van der Waals surface area contributed by atoms with E-state index in [9.17, 15) is 9.59 Å². The number of urea groups is 1. The zero-order chi connectivity index (χ0) is 11.7. The summed E-state index contributed by atoms with van der Waals surface area (Å²) in [6, 6.07) is 5.55. The van der Waals surface area contributed by atoms with Crippen molar-refractivity contribution in [2.45, 2.75) is 19.0 Å². The molecule has 0 saturated carbocycles. The number of carboxylic acids is 1. The Morgan fingerprint density at radius 2 is 2.00 bits per heavy atom. The number of aliphatic carboxylic acids is 1. The predicted molar refractivity (Wildman–Crippen MR) is 57.0 cm³/mol. The van der Waals surface area contributed by atoms with E-state index < -0.39 is 24.1 Å². The molecule has 84 valence electrons. The second kappa shape index (κ2) is 3.84. The first-order valence-electron chi connectivity index (χ1n) is 4.95. The summed E-state index contributed by atoms with van der Waals surface area (Å²) in [4.78, 5) is 22.2. The van der Waals surface area contributed by atoms with Gasteiger partial charge in [0.25, 0.3) is 0 Å². The summed E-state index contributed by atoms with van der Waals surface area (Å²) >= 11 is 0. The molecular weight excluding hydrogens is 208 g/mol. The van der Waals surface area contributed by atoms with Crippen molar-refractivity contribution in [2.75, 3.05) is 0 Å². The lowest BCUT2D eigenvalue weighted by Crippen LogP contribution is -2.36. The molecule has 5 nitrogen and oxygen atoms in total. The van der Waals surface area contributed by atoms with Crippen LogP contribution in [0.1, 0.15) is 17.2 Å². The molecule has 16 heavy (non-hydrogen) atoms. The molecule has 2 amide bonds. The molecule has 0 bridgehead atoms. The molecule has 0 spiro atoms. The number of carboxylic acid groups (broad SMARTS) is 1. The minimum Gasteiger partial charge on any atom is -0.480 e. The molecule has 0 aromatic heterocycles. The highest BCUT2D eigenvalue weighted by Gasteiger charge is 2.38. The number of carbonyl (C=O) groups is 2. The molecule has 0 radical (unpaired) electrons. The van der Waals surface area contributed by atoms with E-state index in [1.807, 2.05) is 31.2 Å². The van der Waals surface area contributed by atoms with Gasteiger partial charge in [0.15, 0.2) is 6.04 Å². The quantitative estimate of drug-likeness (QED) is 0.689. The van der Waals surface area contributed by atoms with Crippen LogP contribution in [-0.2, 0) is 4.79 Å². The highest BCUT2D eigenvalue weighted by Crippen LogP contribution is 2.23. The van der Waals surface area contributed by atoms with Gasteiger partial charge in [-0.1, -0.05) is 24.3 Å². The Labute approximate surface area is 92.5 Å². The van der Waals surface area contributed by atoms with E-state index in [-0.39, 0.29) is 0 Å². The number of rotatable bonds is 2. The average Bonchev–Trinajstić information content (AvgIpc) is 2.61. The van der Waals surface area contributed by atoms with Crippen LogP contribution in [0.2, 0.25) is 0 Å². The Kier molecular flexibility index (Phi) is 2.52.